The van der Waals surface area contributed by atoms with E-state index >= 15 is 0 Å². The first-order chi connectivity index (χ1) is 9.20. The minimum Gasteiger partial charge on any atom is -0.508 e. The average molecular weight is 259 g/mol. The lowest BCUT2D eigenvalue weighted by Crippen LogP contribution is -2.49. The first-order valence-electron chi connectivity index (χ1n) is 7.32. The molecule has 102 valence electrons. The molecule has 2 atom stereocenters. The highest BCUT2D eigenvalue weighted by atomic mass is 16.3. The molecule has 1 N–H and O–H groups in total. The van der Waals surface area contributed by atoms with Crippen molar-refractivity contribution in [2.75, 3.05) is 6.54 Å². The lowest BCUT2D eigenvalue weighted by molar-refractivity contribution is -0.135. The Bertz CT molecular complexity index is 498. The van der Waals surface area contributed by atoms with Gasteiger partial charge in [-0.1, -0.05) is 13.0 Å². The number of fused-ring (bicyclic) bond motifs is 3. The van der Waals surface area contributed by atoms with Crippen LogP contribution in [-0.2, 0) is 11.2 Å². The molecular weight excluding hydrogens is 238 g/mol. The number of likely N-dealkylation sites (tertiary alicyclic amines) is 1. The van der Waals surface area contributed by atoms with Crippen molar-refractivity contribution < 1.29 is 9.90 Å². The Labute approximate surface area is 114 Å². The van der Waals surface area contributed by atoms with Gasteiger partial charge in [0.05, 0.1) is 0 Å². The Morgan fingerprint density at radius 3 is 3.05 bits per heavy atom. The number of piperidine rings is 1. The monoisotopic (exact) mass is 259 g/mol. The van der Waals surface area contributed by atoms with Crippen molar-refractivity contribution in [1.29, 1.82) is 0 Å². The zero-order valence-corrected chi connectivity index (χ0v) is 11.4. The van der Waals surface area contributed by atoms with Gasteiger partial charge in [0.25, 0.3) is 0 Å². The SMILES string of the molecule is CCC(=O)N1CCC[C@H]2c3cc(O)ccc3CC[C@@H]21. The predicted molar refractivity (Wildman–Crippen MR) is 74.2 cm³/mol. The third-order valence-electron chi connectivity index (χ3n) is 4.64. The molecule has 1 saturated heterocycles. The van der Waals surface area contributed by atoms with Crippen molar-refractivity contribution in [3.63, 3.8) is 0 Å². The summed E-state index contributed by atoms with van der Waals surface area (Å²) in [6.07, 6.45) is 4.88. The van der Waals surface area contributed by atoms with E-state index in [9.17, 15) is 9.90 Å². The number of aromatic hydroxyl groups is 1. The zero-order chi connectivity index (χ0) is 13.4. The molecule has 1 fully saturated rings. The number of carbonyl (C=O) groups is 1. The summed E-state index contributed by atoms with van der Waals surface area (Å²) in [5, 5.41) is 9.72. The molecule has 1 aliphatic carbocycles. The van der Waals surface area contributed by atoms with Crippen molar-refractivity contribution in [2.24, 2.45) is 0 Å². The van der Waals surface area contributed by atoms with Gasteiger partial charge in [-0.05, 0) is 48.9 Å². The summed E-state index contributed by atoms with van der Waals surface area (Å²) in [6, 6.07) is 6.07. The molecule has 0 radical (unpaired) electrons. The van der Waals surface area contributed by atoms with Crippen molar-refractivity contribution in [1.82, 2.24) is 4.90 Å². The van der Waals surface area contributed by atoms with E-state index in [0.717, 1.165) is 32.2 Å². The van der Waals surface area contributed by atoms with Crippen LogP contribution < -0.4 is 0 Å². The topological polar surface area (TPSA) is 40.5 Å². The van der Waals surface area contributed by atoms with Crippen LogP contribution in [0.25, 0.3) is 0 Å². The number of phenols is 1. The van der Waals surface area contributed by atoms with E-state index in [1.807, 2.05) is 19.1 Å². The van der Waals surface area contributed by atoms with E-state index in [0.29, 0.717) is 24.1 Å². The number of phenolic OH excluding ortho intramolecular Hbond substituents is 1. The van der Waals surface area contributed by atoms with E-state index in [2.05, 4.69) is 4.90 Å². The lowest BCUT2D eigenvalue weighted by atomic mass is 9.74. The molecule has 0 unspecified atom stereocenters. The van der Waals surface area contributed by atoms with Crippen molar-refractivity contribution in [2.45, 2.75) is 51.0 Å². The van der Waals surface area contributed by atoms with E-state index in [4.69, 9.17) is 0 Å². The second-order valence-corrected chi connectivity index (χ2v) is 5.68. The van der Waals surface area contributed by atoms with Crippen LogP contribution in [0.2, 0.25) is 0 Å². The second-order valence-electron chi connectivity index (χ2n) is 5.68. The molecule has 1 heterocycles. The fraction of sp³-hybridized carbons (Fsp3) is 0.562. The maximum Gasteiger partial charge on any atom is 0.222 e. The molecule has 3 rings (SSSR count). The van der Waals surface area contributed by atoms with E-state index in [-0.39, 0.29) is 5.91 Å². The summed E-state index contributed by atoms with van der Waals surface area (Å²) in [5.41, 5.74) is 2.62. The van der Waals surface area contributed by atoms with Crippen LogP contribution >= 0.6 is 0 Å². The van der Waals surface area contributed by atoms with Crippen molar-refractivity contribution in [3.8, 4) is 5.75 Å². The molecular formula is C16H21NO2. The minimum absolute atomic E-state index is 0.276. The summed E-state index contributed by atoms with van der Waals surface area (Å²) in [7, 11) is 0. The van der Waals surface area contributed by atoms with Gasteiger partial charge in [0.1, 0.15) is 5.75 Å². The average Bonchev–Trinajstić information content (AvgIpc) is 2.45. The first-order valence-corrected chi connectivity index (χ1v) is 7.32. The third-order valence-corrected chi connectivity index (χ3v) is 4.64. The number of carbonyl (C=O) groups excluding carboxylic acids is 1. The second kappa shape index (κ2) is 4.87. The molecule has 1 aromatic carbocycles. The number of hydrogen-bond acceptors (Lipinski definition) is 2. The molecule has 1 aliphatic heterocycles. The van der Waals surface area contributed by atoms with Gasteiger partial charge in [-0.2, -0.15) is 0 Å². The van der Waals surface area contributed by atoms with Gasteiger partial charge in [-0.25, -0.2) is 0 Å². The number of benzene rings is 1. The molecule has 3 heteroatoms. The van der Waals surface area contributed by atoms with E-state index in [1.165, 1.54) is 11.1 Å². The van der Waals surface area contributed by atoms with Gasteiger partial charge in [-0.3, -0.25) is 4.79 Å². The molecule has 3 nitrogen and oxygen atoms in total. The van der Waals surface area contributed by atoms with Crippen molar-refractivity contribution >= 4 is 5.91 Å². The predicted octanol–water partition coefficient (Wildman–Crippen LogP) is 2.82. The van der Waals surface area contributed by atoms with Gasteiger partial charge in [0, 0.05) is 24.9 Å². The van der Waals surface area contributed by atoms with Gasteiger partial charge < -0.3 is 10.0 Å². The summed E-state index contributed by atoms with van der Waals surface area (Å²) >= 11 is 0. The maximum atomic E-state index is 12.1. The summed E-state index contributed by atoms with van der Waals surface area (Å²) < 4.78 is 0. The summed E-state index contributed by atoms with van der Waals surface area (Å²) in [6.45, 7) is 2.84. The molecule has 0 aromatic heterocycles. The molecule has 1 aromatic rings. The fourth-order valence-corrected chi connectivity index (χ4v) is 3.75. The fourth-order valence-electron chi connectivity index (χ4n) is 3.75. The number of hydrogen-bond donors (Lipinski definition) is 1. The smallest absolute Gasteiger partial charge is 0.222 e. The lowest BCUT2D eigenvalue weighted by Gasteiger charge is -2.45. The van der Waals surface area contributed by atoms with Crippen LogP contribution in [-0.4, -0.2) is 28.5 Å². The van der Waals surface area contributed by atoms with E-state index < -0.39 is 0 Å². The van der Waals surface area contributed by atoms with Crippen LogP contribution in [0, 0.1) is 0 Å². The zero-order valence-electron chi connectivity index (χ0n) is 11.4. The number of nitrogens with zero attached hydrogens (tertiary/aromatic N) is 1. The van der Waals surface area contributed by atoms with E-state index in [1.54, 1.807) is 6.07 Å². The molecule has 0 saturated carbocycles. The number of amides is 1. The Hall–Kier alpha value is -1.51. The standard InChI is InChI=1S/C16H21NO2/c1-2-16(19)17-9-3-4-13-14-10-12(18)7-5-11(14)6-8-15(13)17/h5,7,10,13,15,18H,2-4,6,8-9H2,1H3/t13-,15-/m0/s1. The Kier molecular flexibility index (Phi) is 3.21. The molecule has 2 aliphatic rings. The number of aryl methyl sites for hydroxylation is 1. The largest absolute Gasteiger partial charge is 0.508 e. The quantitative estimate of drug-likeness (QED) is 0.842. The van der Waals surface area contributed by atoms with Crippen LogP contribution in [0.4, 0.5) is 0 Å². The summed E-state index contributed by atoms with van der Waals surface area (Å²) in [5.74, 6) is 1.04. The molecule has 19 heavy (non-hydrogen) atoms. The summed E-state index contributed by atoms with van der Waals surface area (Å²) in [4.78, 5) is 14.2. The third kappa shape index (κ3) is 2.11. The number of rotatable bonds is 1. The van der Waals surface area contributed by atoms with Crippen molar-refractivity contribution in [3.05, 3.63) is 29.3 Å². The Balaban J connectivity index is 1.94. The molecule has 0 bridgehead atoms. The molecule has 1 amide bonds. The highest BCUT2D eigenvalue weighted by Gasteiger charge is 2.37. The first kappa shape index (κ1) is 12.5. The van der Waals surface area contributed by atoms with Gasteiger partial charge in [0.2, 0.25) is 5.91 Å². The highest BCUT2D eigenvalue weighted by Crippen LogP contribution is 2.41. The van der Waals surface area contributed by atoms with Crippen LogP contribution in [0.1, 0.15) is 49.7 Å². The highest BCUT2D eigenvalue weighted by molar-refractivity contribution is 5.76. The van der Waals surface area contributed by atoms with Crippen LogP contribution in [0.3, 0.4) is 0 Å². The van der Waals surface area contributed by atoms with Gasteiger partial charge in [0.15, 0.2) is 0 Å². The Morgan fingerprint density at radius 1 is 1.42 bits per heavy atom. The Morgan fingerprint density at radius 2 is 2.26 bits per heavy atom. The van der Waals surface area contributed by atoms with Crippen LogP contribution in [0.5, 0.6) is 5.75 Å². The molecule has 0 spiro atoms. The van der Waals surface area contributed by atoms with Gasteiger partial charge in [-0.15, -0.1) is 0 Å². The van der Waals surface area contributed by atoms with Crippen LogP contribution in [0.15, 0.2) is 18.2 Å². The van der Waals surface area contributed by atoms with Gasteiger partial charge >= 0.3 is 0 Å². The normalized spacial score (nSPS) is 25.6. The minimum atomic E-state index is 0.276. The maximum absolute atomic E-state index is 12.1.